The topological polar surface area (TPSA) is 195 Å². The van der Waals surface area contributed by atoms with E-state index in [1.807, 2.05) is 19.1 Å². The summed E-state index contributed by atoms with van der Waals surface area (Å²) in [6, 6.07) is 9.64. The van der Waals surface area contributed by atoms with Gasteiger partial charge in [0, 0.05) is 24.2 Å². The number of guanidine groups is 2. The molecule has 0 radical (unpaired) electrons. The number of nitrogens with zero attached hydrogens (tertiary/aromatic N) is 1. The van der Waals surface area contributed by atoms with Gasteiger partial charge in [0.1, 0.15) is 11.8 Å². The number of hydrogen-bond donors (Lipinski definition) is 9. The molecule has 0 unspecified atom stereocenters. The Morgan fingerprint density at radius 2 is 1.88 bits per heavy atom. The van der Waals surface area contributed by atoms with Crippen molar-refractivity contribution < 1.29 is 24.5 Å². The summed E-state index contributed by atoms with van der Waals surface area (Å²) in [5.74, 6) is -3.35. The van der Waals surface area contributed by atoms with Crippen LogP contribution in [-0.2, 0) is 5.41 Å². The van der Waals surface area contributed by atoms with E-state index >= 15 is 0 Å². The molecule has 4 aliphatic heterocycles. The first-order valence-electron chi connectivity index (χ1n) is 14.0. The molecule has 42 heavy (non-hydrogen) atoms. The van der Waals surface area contributed by atoms with Crippen LogP contribution < -0.4 is 31.3 Å². The highest BCUT2D eigenvalue weighted by molar-refractivity contribution is 5.98. The second kappa shape index (κ2) is 9.60. The highest BCUT2D eigenvalue weighted by atomic mass is 16.5. The Hall–Kier alpha value is -4.36. The maximum Gasteiger partial charge on any atom is 0.255 e. The fourth-order valence-corrected chi connectivity index (χ4v) is 6.62. The molecule has 1 spiro atoms. The molecule has 9 N–H and O–H groups in total. The van der Waals surface area contributed by atoms with E-state index in [0.29, 0.717) is 17.9 Å². The van der Waals surface area contributed by atoms with Crippen LogP contribution in [0, 0.1) is 17.7 Å². The highest BCUT2D eigenvalue weighted by Crippen LogP contribution is 2.44. The van der Waals surface area contributed by atoms with Gasteiger partial charge in [0.15, 0.2) is 17.6 Å². The molecule has 0 aliphatic carbocycles. The van der Waals surface area contributed by atoms with Crippen molar-refractivity contribution in [3.05, 3.63) is 64.7 Å². The number of carbonyl (C=O) groups excluding carboxylic acids is 2. The minimum atomic E-state index is -2.63. The SMILES string of the molecule is Cc1cccc(C(=O)NC[C@@H]2NC(=N)N3C[C@H](NC(=O)c4cccc5c4OCCC5(C)C)C(O)(O)[C@@]34NC(=N)N[C@@H]24)c1. The fraction of sp³-hybridized carbons (Fsp3) is 0.448. The van der Waals surface area contributed by atoms with Crippen LogP contribution in [0.2, 0.25) is 0 Å². The van der Waals surface area contributed by atoms with E-state index in [2.05, 4.69) is 40.4 Å². The number of para-hydroxylation sites is 1. The summed E-state index contributed by atoms with van der Waals surface area (Å²) in [5.41, 5.74) is 0.620. The van der Waals surface area contributed by atoms with Crippen LogP contribution in [0.25, 0.3) is 0 Å². The Morgan fingerprint density at radius 1 is 1.12 bits per heavy atom. The third kappa shape index (κ3) is 4.14. The number of ether oxygens (including phenoxy) is 1. The molecule has 13 nitrogen and oxygen atoms in total. The van der Waals surface area contributed by atoms with Gasteiger partial charge in [-0.25, -0.2) is 0 Å². The lowest BCUT2D eigenvalue weighted by Gasteiger charge is -2.51. The summed E-state index contributed by atoms with van der Waals surface area (Å²) in [6.07, 6.45) is 0.801. The number of fused-ring (bicyclic) bond motifs is 1. The molecule has 3 fully saturated rings. The van der Waals surface area contributed by atoms with Crippen molar-refractivity contribution in [3.8, 4) is 5.75 Å². The number of amides is 2. The average molecular weight is 577 g/mol. The summed E-state index contributed by atoms with van der Waals surface area (Å²) >= 11 is 0. The molecule has 2 aromatic carbocycles. The molecule has 4 heterocycles. The van der Waals surface area contributed by atoms with Gasteiger partial charge in [0.2, 0.25) is 5.79 Å². The maximum absolute atomic E-state index is 13.6. The van der Waals surface area contributed by atoms with E-state index in [1.165, 1.54) is 4.90 Å². The lowest BCUT2D eigenvalue weighted by molar-refractivity contribution is -0.232. The first-order valence-corrected chi connectivity index (χ1v) is 14.0. The molecule has 2 aromatic rings. The van der Waals surface area contributed by atoms with Gasteiger partial charge in [0.25, 0.3) is 11.8 Å². The van der Waals surface area contributed by atoms with Crippen LogP contribution in [-0.4, -0.2) is 88.1 Å². The summed E-state index contributed by atoms with van der Waals surface area (Å²) in [5, 5.41) is 54.9. The molecule has 222 valence electrons. The number of aryl methyl sites for hydroxylation is 1. The van der Waals surface area contributed by atoms with Crippen LogP contribution in [0.1, 0.15) is 52.1 Å². The molecule has 0 aromatic heterocycles. The third-order valence-corrected chi connectivity index (χ3v) is 8.93. The Balaban J connectivity index is 1.26. The third-order valence-electron chi connectivity index (χ3n) is 8.93. The fourth-order valence-electron chi connectivity index (χ4n) is 6.62. The van der Waals surface area contributed by atoms with Gasteiger partial charge in [0.05, 0.1) is 24.3 Å². The van der Waals surface area contributed by atoms with Crippen LogP contribution in [0.4, 0.5) is 0 Å². The minimum absolute atomic E-state index is 0.0216. The molecule has 4 aliphatic rings. The molecule has 13 heteroatoms. The Bertz CT molecular complexity index is 1490. The monoisotopic (exact) mass is 576 g/mol. The molecule has 0 saturated carbocycles. The van der Waals surface area contributed by atoms with Gasteiger partial charge in [-0.1, -0.05) is 43.7 Å². The van der Waals surface area contributed by atoms with E-state index in [1.54, 1.807) is 30.3 Å². The lowest BCUT2D eigenvalue weighted by Crippen LogP contribution is -2.81. The van der Waals surface area contributed by atoms with Gasteiger partial charge in [-0.3, -0.25) is 20.4 Å². The molecule has 6 rings (SSSR count). The number of nitrogens with one attached hydrogen (secondary N) is 7. The van der Waals surface area contributed by atoms with Crippen molar-refractivity contribution in [1.82, 2.24) is 31.5 Å². The Morgan fingerprint density at radius 3 is 2.64 bits per heavy atom. The minimum Gasteiger partial charge on any atom is -0.492 e. The normalized spacial score (nSPS) is 28.2. The van der Waals surface area contributed by atoms with Gasteiger partial charge >= 0.3 is 0 Å². The van der Waals surface area contributed by atoms with Gasteiger partial charge in [-0.15, -0.1) is 0 Å². The predicted octanol–water partition coefficient (Wildman–Crippen LogP) is -0.321. The number of rotatable bonds is 5. The molecule has 0 bridgehead atoms. The smallest absolute Gasteiger partial charge is 0.255 e. The van der Waals surface area contributed by atoms with Gasteiger partial charge in [-0.2, -0.15) is 0 Å². The van der Waals surface area contributed by atoms with Crippen molar-refractivity contribution in [2.75, 3.05) is 19.7 Å². The highest BCUT2D eigenvalue weighted by Gasteiger charge is 2.74. The zero-order chi connectivity index (χ0) is 30.0. The van der Waals surface area contributed by atoms with E-state index in [9.17, 15) is 19.8 Å². The van der Waals surface area contributed by atoms with Crippen molar-refractivity contribution in [2.24, 2.45) is 0 Å². The molecule has 4 atom stereocenters. The first-order chi connectivity index (χ1) is 19.8. The zero-order valence-corrected chi connectivity index (χ0v) is 23.7. The standard InChI is InChI=1S/C29H36N8O5/c1-15-6-4-7-16(12-15)23(38)32-13-19-22-28(36-25(30)35-22)29(40,41)20(14-37(28)26(31)33-19)34-24(39)17-8-5-9-18-21(17)42-11-10-27(18,2)3/h4-9,12,19-20,22,40-41H,10-11,13-14H2,1-3H3,(H2,31,33)(H,32,38)(H,34,39)(H3,30,35,36)/t19-,20-,22-,28-/m0/s1. The quantitative estimate of drug-likeness (QED) is 0.214. The number of aliphatic hydroxyl groups is 2. The second-order valence-corrected chi connectivity index (χ2v) is 12.1. The number of benzene rings is 2. The zero-order valence-electron chi connectivity index (χ0n) is 23.7. The maximum atomic E-state index is 13.6. The summed E-state index contributed by atoms with van der Waals surface area (Å²) in [7, 11) is 0. The van der Waals surface area contributed by atoms with Crippen molar-refractivity contribution in [2.45, 2.75) is 62.2 Å². The van der Waals surface area contributed by atoms with E-state index in [-0.39, 0.29) is 41.9 Å². The second-order valence-electron chi connectivity index (χ2n) is 12.1. The van der Waals surface area contributed by atoms with Crippen molar-refractivity contribution >= 4 is 23.7 Å². The molecular weight excluding hydrogens is 540 g/mol. The summed E-state index contributed by atoms with van der Waals surface area (Å²) in [6.45, 7) is 6.40. The van der Waals surface area contributed by atoms with Crippen LogP contribution in [0.15, 0.2) is 42.5 Å². The van der Waals surface area contributed by atoms with Gasteiger partial charge < -0.3 is 46.4 Å². The van der Waals surface area contributed by atoms with Crippen LogP contribution in [0.3, 0.4) is 0 Å². The average Bonchev–Trinajstić information content (AvgIpc) is 3.40. The van der Waals surface area contributed by atoms with Crippen molar-refractivity contribution in [3.63, 3.8) is 0 Å². The Kier molecular flexibility index (Phi) is 6.35. The van der Waals surface area contributed by atoms with Gasteiger partial charge in [-0.05, 0) is 37.0 Å². The predicted molar refractivity (Wildman–Crippen MR) is 153 cm³/mol. The lowest BCUT2D eigenvalue weighted by atomic mass is 9.79. The molecule has 3 saturated heterocycles. The van der Waals surface area contributed by atoms with E-state index < -0.39 is 35.5 Å². The Labute approximate surface area is 243 Å². The number of hydrogen-bond acceptors (Lipinski definition) is 7. The summed E-state index contributed by atoms with van der Waals surface area (Å²) < 4.78 is 5.89. The number of carbonyl (C=O) groups is 2. The summed E-state index contributed by atoms with van der Waals surface area (Å²) in [4.78, 5) is 27.8. The van der Waals surface area contributed by atoms with Crippen molar-refractivity contribution in [1.29, 1.82) is 10.8 Å². The van der Waals surface area contributed by atoms with E-state index in [4.69, 9.17) is 15.6 Å². The molecule has 2 amide bonds. The largest absolute Gasteiger partial charge is 0.492 e. The molecular formula is C29H36N8O5. The first kappa shape index (κ1) is 27.8. The van der Waals surface area contributed by atoms with Crippen LogP contribution >= 0.6 is 0 Å². The van der Waals surface area contributed by atoms with Crippen LogP contribution in [0.5, 0.6) is 5.75 Å². The van der Waals surface area contributed by atoms with E-state index in [0.717, 1.165) is 17.5 Å².